The highest BCUT2D eigenvalue weighted by molar-refractivity contribution is 7.90. The Labute approximate surface area is 119 Å². The monoisotopic (exact) mass is 322 g/mol. The number of rotatable bonds is 3. The van der Waals surface area contributed by atoms with E-state index >= 15 is 0 Å². The zero-order valence-corrected chi connectivity index (χ0v) is 11.8. The number of carbonyl (C=O) groups is 1. The van der Waals surface area contributed by atoms with E-state index in [1.807, 2.05) is 0 Å². The molecule has 2 rings (SSSR count). The van der Waals surface area contributed by atoms with E-state index in [0.29, 0.717) is 6.42 Å². The van der Waals surface area contributed by atoms with Crippen molar-refractivity contribution in [1.82, 2.24) is 10.0 Å². The molecule has 1 fully saturated rings. The number of sulfonamides is 1. The van der Waals surface area contributed by atoms with Gasteiger partial charge in [0.15, 0.2) is 11.6 Å². The number of nitrogens with one attached hydrogen (secondary N) is 2. The first-order valence-electron chi connectivity index (χ1n) is 6.14. The molecule has 2 amide bonds. The smallest absolute Gasteiger partial charge is 0.329 e. The first-order valence-corrected chi connectivity index (χ1v) is 7.62. The summed E-state index contributed by atoms with van der Waals surface area (Å²) in [7, 11) is -4.58. The minimum atomic E-state index is -4.58. The first-order chi connectivity index (χ1) is 9.72. The lowest BCUT2D eigenvalue weighted by Gasteiger charge is -2.30. The molecule has 0 radical (unpaired) electrons. The van der Waals surface area contributed by atoms with Crippen molar-refractivity contribution in [2.45, 2.75) is 36.9 Å². The van der Waals surface area contributed by atoms with Crippen LogP contribution in [0.2, 0.25) is 0 Å². The fraction of sp³-hybridized carbons (Fsp3) is 0.417. The van der Waals surface area contributed by atoms with Crippen LogP contribution in [0.4, 0.5) is 18.0 Å². The highest BCUT2D eigenvalue weighted by Gasteiger charge is 2.33. The maximum Gasteiger partial charge on any atom is 0.329 e. The van der Waals surface area contributed by atoms with Crippen LogP contribution in [0.1, 0.15) is 18.4 Å². The quantitative estimate of drug-likeness (QED) is 0.890. The average molecular weight is 322 g/mol. The summed E-state index contributed by atoms with van der Waals surface area (Å²) < 4.78 is 65.1. The summed E-state index contributed by atoms with van der Waals surface area (Å²) in [5.41, 5.74) is -0.0642. The molecule has 0 heterocycles. The Balaban J connectivity index is 2.15. The minimum absolute atomic E-state index is 0.0642. The van der Waals surface area contributed by atoms with Crippen molar-refractivity contribution < 1.29 is 26.4 Å². The van der Waals surface area contributed by atoms with Crippen LogP contribution in [-0.4, -0.2) is 26.7 Å². The van der Waals surface area contributed by atoms with Crippen molar-refractivity contribution in [3.8, 4) is 0 Å². The standard InChI is InChI=1S/C12H13F3N2O3S/c1-6-2-5-9(11(15)10(6)14)21(19,20)17-12(18)16-8-4-3-7(8)13/h2,5,7-8H,3-4H2,1H3,(H2,16,17,18)/t7-,8+/m0/s1. The van der Waals surface area contributed by atoms with Crippen LogP contribution in [-0.2, 0) is 10.0 Å². The molecule has 1 aliphatic rings. The van der Waals surface area contributed by atoms with Gasteiger partial charge in [-0.15, -0.1) is 0 Å². The van der Waals surface area contributed by atoms with Crippen LogP contribution in [0.25, 0.3) is 0 Å². The summed E-state index contributed by atoms with van der Waals surface area (Å²) in [5.74, 6) is -2.87. The van der Waals surface area contributed by atoms with Gasteiger partial charge in [0.2, 0.25) is 0 Å². The van der Waals surface area contributed by atoms with Gasteiger partial charge in [0.1, 0.15) is 11.1 Å². The Bertz CT molecular complexity index is 679. The molecule has 116 valence electrons. The number of hydrogen-bond donors (Lipinski definition) is 2. The summed E-state index contributed by atoms with van der Waals surface area (Å²) in [6.07, 6.45) is -0.551. The van der Waals surface area contributed by atoms with Gasteiger partial charge in [-0.25, -0.2) is 31.1 Å². The summed E-state index contributed by atoms with van der Waals surface area (Å²) >= 11 is 0. The predicted octanol–water partition coefficient (Wildman–Crippen LogP) is 1.76. The van der Waals surface area contributed by atoms with Gasteiger partial charge in [-0.05, 0) is 31.4 Å². The van der Waals surface area contributed by atoms with E-state index in [1.165, 1.54) is 11.6 Å². The van der Waals surface area contributed by atoms with Gasteiger partial charge in [0.25, 0.3) is 10.0 Å². The van der Waals surface area contributed by atoms with E-state index in [2.05, 4.69) is 5.32 Å². The second-order valence-electron chi connectivity index (χ2n) is 4.79. The van der Waals surface area contributed by atoms with Gasteiger partial charge < -0.3 is 5.32 Å². The SMILES string of the molecule is Cc1ccc(S(=O)(=O)NC(=O)N[C@@H]2CC[C@@H]2F)c(F)c1F. The second-order valence-corrected chi connectivity index (χ2v) is 6.44. The predicted molar refractivity (Wildman–Crippen MR) is 67.9 cm³/mol. The highest BCUT2D eigenvalue weighted by Crippen LogP contribution is 2.23. The molecule has 2 N–H and O–H groups in total. The van der Waals surface area contributed by atoms with Gasteiger partial charge in [-0.3, -0.25) is 0 Å². The Morgan fingerprint density at radius 1 is 1.24 bits per heavy atom. The van der Waals surface area contributed by atoms with Crippen molar-refractivity contribution in [3.63, 3.8) is 0 Å². The molecule has 0 saturated heterocycles. The van der Waals surface area contributed by atoms with Crippen molar-refractivity contribution in [2.24, 2.45) is 0 Å². The molecule has 1 aromatic rings. The third-order valence-corrected chi connectivity index (χ3v) is 4.61. The molecule has 0 spiro atoms. The third-order valence-electron chi connectivity index (χ3n) is 3.26. The molecule has 5 nitrogen and oxygen atoms in total. The zero-order chi connectivity index (χ0) is 15.8. The minimum Gasteiger partial charge on any atom is -0.332 e. The number of urea groups is 1. The molecule has 1 aromatic carbocycles. The number of hydrogen-bond acceptors (Lipinski definition) is 3. The molecular formula is C12H13F3N2O3S. The van der Waals surface area contributed by atoms with E-state index < -0.39 is 44.8 Å². The summed E-state index contributed by atoms with van der Waals surface area (Å²) in [6, 6.07) is -0.0125. The Kier molecular flexibility index (Phi) is 4.13. The van der Waals surface area contributed by atoms with Crippen LogP contribution >= 0.6 is 0 Å². The van der Waals surface area contributed by atoms with Crippen LogP contribution in [0.15, 0.2) is 17.0 Å². The van der Waals surface area contributed by atoms with Crippen molar-refractivity contribution in [3.05, 3.63) is 29.3 Å². The van der Waals surface area contributed by atoms with Gasteiger partial charge in [-0.1, -0.05) is 6.07 Å². The van der Waals surface area contributed by atoms with Crippen LogP contribution < -0.4 is 10.0 Å². The molecule has 0 aliphatic heterocycles. The summed E-state index contributed by atoms with van der Waals surface area (Å²) in [4.78, 5) is 10.5. The van der Waals surface area contributed by atoms with Gasteiger partial charge >= 0.3 is 6.03 Å². The van der Waals surface area contributed by atoms with Crippen molar-refractivity contribution in [1.29, 1.82) is 0 Å². The van der Waals surface area contributed by atoms with Gasteiger partial charge in [-0.2, -0.15) is 0 Å². The largest absolute Gasteiger partial charge is 0.332 e. The summed E-state index contributed by atoms with van der Waals surface area (Å²) in [6.45, 7) is 1.27. The molecule has 0 unspecified atom stereocenters. The van der Waals surface area contributed by atoms with E-state index in [-0.39, 0.29) is 12.0 Å². The van der Waals surface area contributed by atoms with Gasteiger partial charge in [0.05, 0.1) is 6.04 Å². The number of aryl methyl sites for hydroxylation is 1. The molecule has 9 heteroatoms. The van der Waals surface area contributed by atoms with E-state index in [0.717, 1.165) is 12.1 Å². The lowest BCUT2D eigenvalue weighted by Crippen LogP contribution is -2.52. The molecule has 0 aromatic heterocycles. The maximum atomic E-state index is 13.6. The fourth-order valence-corrected chi connectivity index (χ4v) is 2.82. The second kappa shape index (κ2) is 5.55. The Morgan fingerprint density at radius 3 is 2.43 bits per heavy atom. The molecule has 1 aliphatic carbocycles. The normalized spacial score (nSPS) is 21.5. The molecule has 1 saturated carbocycles. The van der Waals surface area contributed by atoms with E-state index in [9.17, 15) is 26.4 Å². The lowest BCUT2D eigenvalue weighted by molar-refractivity contribution is 0.145. The average Bonchev–Trinajstić information content (AvgIpc) is 2.39. The van der Waals surface area contributed by atoms with Crippen LogP contribution in [0, 0.1) is 18.6 Å². The van der Waals surface area contributed by atoms with Crippen LogP contribution in [0.3, 0.4) is 0 Å². The van der Waals surface area contributed by atoms with Gasteiger partial charge in [0, 0.05) is 0 Å². The Morgan fingerprint density at radius 2 is 1.90 bits per heavy atom. The summed E-state index contributed by atoms with van der Waals surface area (Å²) in [5, 5.41) is 2.12. The Hall–Kier alpha value is -1.77. The molecule has 2 atom stereocenters. The molecule has 21 heavy (non-hydrogen) atoms. The number of halogens is 3. The van der Waals surface area contributed by atoms with Crippen LogP contribution in [0.5, 0.6) is 0 Å². The van der Waals surface area contributed by atoms with E-state index in [4.69, 9.17) is 0 Å². The topological polar surface area (TPSA) is 75.3 Å². The van der Waals surface area contributed by atoms with E-state index in [1.54, 1.807) is 0 Å². The highest BCUT2D eigenvalue weighted by atomic mass is 32.2. The molecular weight excluding hydrogens is 309 g/mol. The molecule has 0 bridgehead atoms. The zero-order valence-electron chi connectivity index (χ0n) is 11.0. The fourth-order valence-electron chi connectivity index (χ4n) is 1.83. The van der Waals surface area contributed by atoms with Crippen molar-refractivity contribution >= 4 is 16.1 Å². The first kappa shape index (κ1) is 15.6. The third kappa shape index (κ3) is 3.12. The number of amides is 2. The number of benzene rings is 1. The number of carbonyl (C=O) groups excluding carboxylic acids is 1. The number of alkyl halides is 1. The maximum absolute atomic E-state index is 13.6. The lowest BCUT2D eigenvalue weighted by atomic mass is 9.91. The van der Waals surface area contributed by atoms with Crippen molar-refractivity contribution in [2.75, 3.05) is 0 Å².